The molecule has 2 unspecified atom stereocenters. The average molecular weight is 358 g/mol. The minimum absolute atomic E-state index is 0.0283. The first-order valence-electron chi connectivity index (χ1n) is 9.94. The lowest BCUT2D eigenvalue weighted by Gasteiger charge is -2.55. The number of aromatic hydroxyl groups is 1. The van der Waals surface area contributed by atoms with Gasteiger partial charge in [0.1, 0.15) is 11.5 Å². The first-order chi connectivity index (χ1) is 13.0. The minimum Gasteiger partial charge on any atom is -0.507 e. The lowest BCUT2D eigenvalue weighted by atomic mass is 9.48. The molecule has 2 aliphatic carbocycles. The van der Waals surface area contributed by atoms with Crippen molar-refractivity contribution in [3.63, 3.8) is 0 Å². The van der Waals surface area contributed by atoms with Gasteiger partial charge in [0.15, 0.2) is 0 Å². The third-order valence-electron chi connectivity index (χ3n) is 7.53. The molecule has 3 aromatic carbocycles. The molecule has 0 spiro atoms. The van der Waals surface area contributed by atoms with E-state index in [-0.39, 0.29) is 10.8 Å². The zero-order chi connectivity index (χ0) is 18.8. The molecule has 5 rings (SSSR count). The Balaban J connectivity index is 1.94. The number of methoxy groups -OCH3 is 1. The highest BCUT2D eigenvalue weighted by Crippen LogP contribution is 2.62. The fourth-order valence-electron chi connectivity index (χ4n) is 5.79. The van der Waals surface area contributed by atoms with E-state index in [1.54, 1.807) is 7.11 Å². The second kappa shape index (κ2) is 5.51. The van der Waals surface area contributed by atoms with Crippen molar-refractivity contribution in [1.29, 1.82) is 0 Å². The molecule has 2 nitrogen and oxygen atoms in total. The number of phenolic OH excluding ortho intramolecular Hbond substituents is 1. The van der Waals surface area contributed by atoms with E-state index in [4.69, 9.17) is 4.74 Å². The van der Waals surface area contributed by atoms with Gasteiger partial charge >= 0.3 is 0 Å². The van der Waals surface area contributed by atoms with Gasteiger partial charge in [-0.25, -0.2) is 0 Å². The Morgan fingerprint density at radius 2 is 1.56 bits per heavy atom. The summed E-state index contributed by atoms with van der Waals surface area (Å²) in [6, 6.07) is 17.0. The van der Waals surface area contributed by atoms with Crippen LogP contribution < -0.4 is 4.74 Å². The molecule has 1 fully saturated rings. The fraction of sp³-hybridized carbons (Fsp3) is 0.360. The summed E-state index contributed by atoms with van der Waals surface area (Å²) in [5.74, 6) is 1.13. The number of ether oxygens (including phenoxy) is 1. The summed E-state index contributed by atoms with van der Waals surface area (Å²) >= 11 is 0. The molecular weight excluding hydrogens is 332 g/mol. The Labute approximate surface area is 160 Å². The molecule has 0 bridgehead atoms. The van der Waals surface area contributed by atoms with Gasteiger partial charge in [-0.2, -0.15) is 0 Å². The van der Waals surface area contributed by atoms with Crippen LogP contribution in [-0.4, -0.2) is 12.2 Å². The molecule has 2 heteroatoms. The average Bonchev–Trinajstić information content (AvgIpc) is 2.69. The molecule has 27 heavy (non-hydrogen) atoms. The lowest BCUT2D eigenvalue weighted by molar-refractivity contribution is 0.168. The number of phenols is 1. The Bertz CT molecular complexity index is 1070. The molecular formula is C25H26O2. The second-order valence-corrected chi connectivity index (χ2v) is 8.65. The van der Waals surface area contributed by atoms with E-state index in [0.717, 1.165) is 22.9 Å². The van der Waals surface area contributed by atoms with Gasteiger partial charge in [-0.3, -0.25) is 0 Å². The van der Waals surface area contributed by atoms with Crippen LogP contribution in [0.4, 0.5) is 0 Å². The van der Waals surface area contributed by atoms with Crippen LogP contribution in [0, 0.1) is 0 Å². The first kappa shape index (κ1) is 16.7. The van der Waals surface area contributed by atoms with E-state index in [0.29, 0.717) is 5.75 Å². The molecule has 2 aliphatic rings. The van der Waals surface area contributed by atoms with E-state index in [1.165, 1.54) is 41.5 Å². The topological polar surface area (TPSA) is 29.5 Å². The van der Waals surface area contributed by atoms with E-state index in [9.17, 15) is 5.11 Å². The van der Waals surface area contributed by atoms with Crippen LogP contribution in [0.1, 0.15) is 50.7 Å². The van der Waals surface area contributed by atoms with Gasteiger partial charge in [0.05, 0.1) is 7.11 Å². The number of hydrogen-bond donors (Lipinski definition) is 1. The van der Waals surface area contributed by atoms with Gasteiger partial charge in [-0.1, -0.05) is 51.0 Å². The Morgan fingerprint density at radius 3 is 2.30 bits per heavy atom. The van der Waals surface area contributed by atoms with Crippen LogP contribution in [0.25, 0.3) is 21.9 Å². The number of rotatable bonds is 1. The normalized spacial score (nSPS) is 26.2. The molecule has 0 saturated heterocycles. The highest BCUT2D eigenvalue weighted by Gasteiger charge is 2.53. The maximum absolute atomic E-state index is 10.9. The predicted octanol–water partition coefficient (Wildman–Crippen LogP) is 6.32. The van der Waals surface area contributed by atoms with Crippen LogP contribution >= 0.6 is 0 Å². The summed E-state index contributed by atoms with van der Waals surface area (Å²) in [5.41, 5.74) is 5.51. The molecule has 0 heterocycles. The Morgan fingerprint density at radius 1 is 0.852 bits per heavy atom. The SMILES string of the molecule is COc1ccc2c3c(cc(O)c2c1)C1(C)CCCCC1(C)c1ccccc1-3. The lowest BCUT2D eigenvalue weighted by Crippen LogP contribution is -2.50. The van der Waals surface area contributed by atoms with Crippen molar-refractivity contribution in [1.82, 2.24) is 0 Å². The van der Waals surface area contributed by atoms with Crippen molar-refractivity contribution in [2.24, 2.45) is 0 Å². The standard InChI is InChI=1S/C25H26O2/c1-24-12-6-7-13-25(24,2)21-15-22(26)19-14-16(27-3)10-11-17(19)23(21)18-8-4-5-9-20(18)24/h4-5,8-11,14-15,26H,6-7,12-13H2,1-3H3. The van der Waals surface area contributed by atoms with E-state index < -0.39 is 0 Å². The predicted molar refractivity (Wildman–Crippen MR) is 111 cm³/mol. The Kier molecular flexibility index (Phi) is 3.40. The van der Waals surface area contributed by atoms with Gasteiger partial charge in [-0.15, -0.1) is 0 Å². The van der Waals surface area contributed by atoms with Crippen molar-refractivity contribution in [3.8, 4) is 22.6 Å². The molecule has 3 aromatic rings. The summed E-state index contributed by atoms with van der Waals surface area (Å²) in [5, 5.41) is 12.9. The molecule has 0 amide bonds. The third kappa shape index (κ3) is 2.02. The van der Waals surface area contributed by atoms with Crippen molar-refractivity contribution in [2.75, 3.05) is 7.11 Å². The zero-order valence-corrected chi connectivity index (χ0v) is 16.3. The van der Waals surface area contributed by atoms with Crippen molar-refractivity contribution >= 4 is 10.8 Å². The molecule has 2 atom stereocenters. The number of benzene rings is 3. The fourth-order valence-corrected chi connectivity index (χ4v) is 5.79. The first-order valence-corrected chi connectivity index (χ1v) is 9.94. The highest BCUT2D eigenvalue weighted by molar-refractivity contribution is 6.04. The summed E-state index contributed by atoms with van der Waals surface area (Å²) in [6.07, 6.45) is 4.87. The zero-order valence-electron chi connectivity index (χ0n) is 16.3. The summed E-state index contributed by atoms with van der Waals surface area (Å²) < 4.78 is 5.40. The van der Waals surface area contributed by atoms with Gasteiger partial charge < -0.3 is 9.84 Å². The summed E-state index contributed by atoms with van der Waals surface area (Å²) in [7, 11) is 1.67. The third-order valence-corrected chi connectivity index (χ3v) is 7.53. The molecule has 0 radical (unpaired) electrons. The largest absolute Gasteiger partial charge is 0.507 e. The molecule has 0 aliphatic heterocycles. The second-order valence-electron chi connectivity index (χ2n) is 8.65. The molecule has 1 N–H and O–H groups in total. The van der Waals surface area contributed by atoms with Gasteiger partial charge in [-0.05, 0) is 64.7 Å². The highest BCUT2D eigenvalue weighted by atomic mass is 16.5. The number of hydrogen-bond acceptors (Lipinski definition) is 2. The smallest absolute Gasteiger partial charge is 0.123 e. The molecule has 1 saturated carbocycles. The summed E-state index contributed by atoms with van der Waals surface area (Å²) in [6.45, 7) is 4.85. The van der Waals surface area contributed by atoms with Crippen molar-refractivity contribution < 1.29 is 9.84 Å². The number of fused-ring (bicyclic) bond motifs is 8. The van der Waals surface area contributed by atoms with Gasteiger partial charge in [0.2, 0.25) is 0 Å². The molecule has 138 valence electrons. The van der Waals surface area contributed by atoms with Crippen molar-refractivity contribution in [2.45, 2.75) is 50.4 Å². The van der Waals surface area contributed by atoms with E-state index in [2.05, 4.69) is 44.2 Å². The van der Waals surface area contributed by atoms with Crippen LogP contribution in [0.15, 0.2) is 48.5 Å². The van der Waals surface area contributed by atoms with Crippen molar-refractivity contribution in [3.05, 3.63) is 59.7 Å². The van der Waals surface area contributed by atoms with Gasteiger partial charge in [0.25, 0.3) is 0 Å². The van der Waals surface area contributed by atoms with Gasteiger partial charge in [0, 0.05) is 16.2 Å². The van der Waals surface area contributed by atoms with E-state index in [1.807, 2.05) is 18.2 Å². The van der Waals surface area contributed by atoms with E-state index >= 15 is 0 Å². The quantitative estimate of drug-likeness (QED) is 0.551. The molecule has 0 aromatic heterocycles. The minimum atomic E-state index is 0.0283. The summed E-state index contributed by atoms with van der Waals surface area (Å²) in [4.78, 5) is 0. The van der Waals surface area contributed by atoms with Crippen LogP contribution in [0.2, 0.25) is 0 Å². The monoisotopic (exact) mass is 358 g/mol. The Hall–Kier alpha value is -2.48. The van der Waals surface area contributed by atoms with Crippen LogP contribution in [-0.2, 0) is 10.8 Å². The maximum Gasteiger partial charge on any atom is 0.123 e. The van der Waals surface area contributed by atoms with Crippen LogP contribution in [0.3, 0.4) is 0 Å². The van der Waals surface area contributed by atoms with Crippen LogP contribution in [0.5, 0.6) is 11.5 Å². The maximum atomic E-state index is 10.9.